The van der Waals surface area contributed by atoms with E-state index in [2.05, 4.69) is 5.32 Å². The quantitative estimate of drug-likeness (QED) is 0.858. The van der Waals surface area contributed by atoms with Crippen molar-refractivity contribution in [2.24, 2.45) is 0 Å². The number of carbonyl (C=O) groups is 1. The maximum absolute atomic E-state index is 12.4. The van der Waals surface area contributed by atoms with Crippen molar-refractivity contribution < 1.29 is 13.2 Å². The lowest BCUT2D eigenvalue weighted by atomic mass is 10.2. The molecule has 0 aliphatic carbocycles. The van der Waals surface area contributed by atoms with E-state index < -0.39 is 9.84 Å². The molecular formula is C16H24N2O3S. The van der Waals surface area contributed by atoms with E-state index in [0.29, 0.717) is 11.4 Å². The number of benzene rings is 1. The molecule has 0 aromatic heterocycles. The van der Waals surface area contributed by atoms with Crippen LogP contribution in [-0.2, 0) is 14.6 Å². The number of amides is 1. The summed E-state index contributed by atoms with van der Waals surface area (Å²) in [5, 5.41) is 3.17. The number of hydrogen-bond acceptors (Lipinski definition) is 4. The highest BCUT2D eigenvalue weighted by molar-refractivity contribution is 7.91. The highest BCUT2D eigenvalue weighted by Crippen LogP contribution is 2.13. The van der Waals surface area contributed by atoms with Gasteiger partial charge in [-0.05, 0) is 45.4 Å². The zero-order valence-corrected chi connectivity index (χ0v) is 14.0. The van der Waals surface area contributed by atoms with Crippen LogP contribution in [0.2, 0.25) is 0 Å². The number of likely N-dealkylation sites (N-methyl/N-ethyl adjacent to an activating group) is 1. The van der Waals surface area contributed by atoms with E-state index >= 15 is 0 Å². The van der Waals surface area contributed by atoms with Crippen molar-refractivity contribution in [3.8, 4) is 0 Å². The van der Waals surface area contributed by atoms with Gasteiger partial charge in [-0.15, -0.1) is 0 Å². The Morgan fingerprint density at radius 2 is 2.00 bits per heavy atom. The molecule has 1 saturated heterocycles. The van der Waals surface area contributed by atoms with Crippen LogP contribution in [0.5, 0.6) is 0 Å². The van der Waals surface area contributed by atoms with Gasteiger partial charge in [0, 0.05) is 13.1 Å². The Morgan fingerprint density at radius 3 is 2.55 bits per heavy atom. The number of nitrogens with zero attached hydrogens (tertiary/aromatic N) is 1. The number of carbonyl (C=O) groups excluding carboxylic acids is 1. The first kappa shape index (κ1) is 17.0. The smallest absolute Gasteiger partial charge is 0.239 e. The van der Waals surface area contributed by atoms with Gasteiger partial charge in [0.15, 0.2) is 9.84 Å². The van der Waals surface area contributed by atoms with Gasteiger partial charge in [-0.3, -0.25) is 4.79 Å². The summed E-state index contributed by atoms with van der Waals surface area (Å²) < 4.78 is 24.7. The molecule has 2 rings (SSSR count). The first-order valence-electron chi connectivity index (χ1n) is 7.75. The van der Waals surface area contributed by atoms with Crippen LogP contribution in [0.15, 0.2) is 29.2 Å². The largest absolute Gasteiger partial charge is 0.341 e. The highest BCUT2D eigenvalue weighted by atomic mass is 32.2. The predicted molar refractivity (Wildman–Crippen MR) is 86.5 cm³/mol. The van der Waals surface area contributed by atoms with E-state index in [-0.39, 0.29) is 24.2 Å². The van der Waals surface area contributed by atoms with Gasteiger partial charge < -0.3 is 10.2 Å². The molecule has 1 aromatic rings. The van der Waals surface area contributed by atoms with Crippen LogP contribution in [0.1, 0.15) is 25.3 Å². The van der Waals surface area contributed by atoms with E-state index in [1.807, 2.05) is 13.8 Å². The Kier molecular flexibility index (Phi) is 5.58. The average molecular weight is 324 g/mol. The molecule has 1 aromatic carbocycles. The third-order valence-electron chi connectivity index (χ3n) is 4.06. The minimum atomic E-state index is -3.35. The molecule has 1 aliphatic rings. The monoisotopic (exact) mass is 324 g/mol. The molecule has 22 heavy (non-hydrogen) atoms. The van der Waals surface area contributed by atoms with Crippen LogP contribution in [-0.4, -0.2) is 50.7 Å². The first-order chi connectivity index (χ1) is 10.4. The molecule has 1 aliphatic heterocycles. The summed E-state index contributed by atoms with van der Waals surface area (Å²) in [4.78, 5) is 14.3. The van der Waals surface area contributed by atoms with Gasteiger partial charge in [-0.2, -0.15) is 0 Å². The maximum Gasteiger partial charge on any atom is 0.239 e. The van der Waals surface area contributed by atoms with Crippen molar-refractivity contribution in [2.75, 3.05) is 25.4 Å². The lowest BCUT2D eigenvalue weighted by Gasteiger charge is -2.24. The van der Waals surface area contributed by atoms with Crippen LogP contribution < -0.4 is 5.32 Å². The molecule has 122 valence electrons. The van der Waals surface area contributed by atoms with E-state index in [1.54, 1.807) is 29.2 Å². The molecule has 0 saturated carbocycles. The summed E-state index contributed by atoms with van der Waals surface area (Å²) in [6.07, 6.45) is 1.83. The van der Waals surface area contributed by atoms with E-state index in [4.69, 9.17) is 0 Å². The van der Waals surface area contributed by atoms with Crippen molar-refractivity contribution >= 4 is 15.7 Å². The van der Waals surface area contributed by atoms with Crippen LogP contribution in [0.3, 0.4) is 0 Å². The topological polar surface area (TPSA) is 66.5 Å². The van der Waals surface area contributed by atoms with E-state index in [9.17, 15) is 13.2 Å². The zero-order valence-electron chi connectivity index (χ0n) is 13.2. The lowest BCUT2D eigenvalue weighted by molar-refractivity contribution is -0.132. The van der Waals surface area contributed by atoms with Gasteiger partial charge in [-0.1, -0.05) is 17.7 Å². The van der Waals surface area contributed by atoms with Crippen molar-refractivity contribution in [2.45, 2.75) is 37.6 Å². The highest BCUT2D eigenvalue weighted by Gasteiger charge is 2.27. The van der Waals surface area contributed by atoms with Crippen LogP contribution in [0.25, 0.3) is 0 Å². The Balaban J connectivity index is 1.99. The number of sulfone groups is 1. The summed E-state index contributed by atoms with van der Waals surface area (Å²) in [5.41, 5.74) is 1.02. The minimum absolute atomic E-state index is 0.0131. The Bertz CT molecular complexity index is 605. The molecule has 0 unspecified atom stereocenters. The molecule has 1 heterocycles. The normalized spacial score (nSPS) is 18.4. The Labute approximate surface area is 132 Å². The third kappa shape index (κ3) is 4.08. The van der Waals surface area contributed by atoms with Gasteiger partial charge in [0.1, 0.15) is 0 Å². The number of aryl methyl sites for hydroxylation is 1. The molecule has 1 N–H and O–H groups in total. The van der Waals surface area contributed by atoms with Crippen molar-refractivity contribution in [3.05, 3.63) is 29.8 Å². The van der Waals surface area contributed by atoms with Crippen molar-refractivity contribution in [3.63, 3.8) is 0 Å². The zero-order chi connectivity index (χ0) is 16.2. The van der Waals surface area contributed by atoms with Gasteiger partial charge >= 0.3 is 0 Å². The molecular weight excluding hydrogens is 300 g/mol. The molecule has 0 radical (unpaired) electrons. The Morgan fingerprint density at radius 1 is 1.32 bits per heavy atom. The predicted octanol–water partition coefficient (Wildman–Crippen LogP) is 1.37. The molecule has 1 atom stereocenters. The number of hydrogen-bond donors (Lipinski definition) is 1. The van der Waals surface area contributed by atoms with Crippen molar-refractivity contribution in [1.29, 1.82) is 0 Å². The second kappa shape index (κ2) is 7.24. The summed E-state index contributed by atoms with van der Waals surface area (Å²) in [6, 6.07) is 6.68. The van der Waals surface area contributed by atoms with Gasteiger partial charge in [-0.25, -0.2) is 8.42 Å². The standard InChI is InChI=1S/C16H24N2O3S/c1-3-18(16(19)15-5-4-10-17-15)11-12-22(20,21)14-8-6-13(2)7-9-14/h6-9,15,17H,3-5,10-12H2,1-2H3/t15-/m1/s1. The van der Waals surface area contributed by atoms with Crippen LogP contribution in [0, 0.1) is 6.92 Å². The summed E-state index contributed by atoms with van der Waals surface area (Å²) in [7, 11) is -3.35. The maximum atomic E-state index is 12.4. The molecule has 0 spiro atoms. The Hall–Kier alpha value is -1.40. The SMILES string of the molecule is CCN(CCS(=O)(=O)c1ccc(C)cc1)C(=O)[C@H]1CCCN1. The fraction of sp³-hybridized carbons (Fsp3) is 0.562. The van der Waals surface area contributed by atoms with Gasteiger partial charge in [0.05, 0.1) is 16.7 Å². The summed E-state index contributed by atoms with van der Waals surface area (Å²) in [6.45, 7) is 5.42. The van der Waals surface area contributed by atoms with Crippen LogP contribution >= 0.6 is 0 Å². The summed E-state index contributed by atoms with van der Waals surface area (Å²) in [5.74, 6) is -0.0263. The fourth-order valence-electron chi connectivity index (χ4n) is 2.63. The molecule has 0 bridgehead atoms. The molecule has 5 nitrogen and oxygen atoms in total. The first-order valence-corrected chi connectivity index (χ1v) is 9.41. The van der Waals surface area contributed by atoms with Crippen molar-refractivity contribution in [1.82, 2.24) is 10.2 Å². The number of rotatable bonds is 6. The minimum Gasteiger partial charge on any atom is -0.341 e. The molecule has 1 fully saturated rings. The van der Waals surface area contributed by atoms with Gasteiger partial charge in [0.25, 0.3) is 0 Å². The second-order valence-corrected chi connectivity index (χ2v) is 7.81. The second-order valence-electron chi connectivity index (χ2n) is 5.70. The summed E-state index contributed by atoms with van der Waals surface area (Å²) >= 11 is 0. The third-order valence-corrected chi connectivity index (χ3v) is 5.77. The van der Waals surface area contributed by atoms with E-state index in [1.165, 1.54) is 0 Å². The van der Waals surface area contributed by atoms with Crippen LogP contribution in [0.4, 0.5) is 0 Å². The van der Waals surface area contributed by atoms with E-state index in [0.717, 1.165) is 24.9 Å². The molecule has 6 heteroatoms. The fourth-order valence-corrected chi connectivity index (χ4v) is 3.88. The average Bonchev–Trinajstić information content (AvgIpc) is 3.02. The molecule has 1 amide bonds. The lowest BCUT2D eigenvalue weighted by Crippen LogP contribution is -2.45. The number of nitrogens with one attached hydrogen (secondary N) is 1. The van der Waals surface area contributed by atoms with Gasteiger partial charge in [0.2, 0.25) is 5.91 Å².